The molecule has 1 atom stereocenters. The van der Waals surface area contributed by atoms with Crippen LogP contribution in [0.1, 0.15) is 59.8 Å². The number of rotatable bonds is 8. The SMILES string of the molecule is CCN(CC)CCNC1CCCc2ccc(NC(=O)c3ccc(C(F)(F)F)cc3)cc21. The van der Waals surface area contributed by atoms with E-state index in [0.717, 1.165) is 57.6 Å². The fourth-order valence-electron chi connectivity index (χ4n) is 4.04. The number of anilines is 1. The molecule has 31 heavy (non-hydrogen) atoms. The molecule has 0 aromatic heterocycles. The summed E-state index contributed by atoms with van der Waals surface area (Å²) < 4.78 is 38.2. The van der Waals surface area contributed by atoms with Gasteiger partial charge in [-0.05, 0) is 79.9 Å². The molecule has 168 valence electrons. The third-order valence-corrected chi connectivity index (χ3v) is 5.91. The van der Waals surface area contributed by atoms with E-state index in [1.54, 1.807) is 0 Å². The molecule has 3 rings (SSSR count). The number of benzene rings is 2. The van der Waals surface area contributed by atoms with Gasteiger partial charge < -0.3 is 15.5 Å². The standard InChI is InChI=1S/C24H30F3N3O/c1-3-30(4-2)15-14-28-22-7-5-6-17-10-13-20(16-21(17)22)29-23(31)18-8-11-19(12-9-18)24(25,26)27/h8-13,16,22,28H,3-7,14-15H2,1-2H3,(H,29,31). The van der Waals surface area contributed by atoms with Gasteiger partial charge in [0.2, 0.25) is 0 Å². The van der Waals surface area contributed by atoms with Gasteiger partial charge in [-0.3, -0.25) is 4.79 Å². The molecule has 1 aliphatic carbocycles. The van der Waals surface area contributed by atoms with E-state index in [2.05, 4.69) is 29.4 Å². The molecule has 4 nitrogen and oxygen atoms in total. The number of aryl methyl sites for hydroxylation is 1. The van der Waals surface area contributed by atoms with Crippen LogP contribution in [0.25, 0.3) is 0 Å². The minimum atomic E-state index is -4.42. The summed E-state index contributed by atoms with van der Waals surface area (Å²) in [6, 6.07) is 10.4. The summed E-state index contributed by atoms with van der Waals surface area (Å²) in [4.78, 5) is 14.9. The normalized spacial score (nSPS) is 16.3. The van der Waals surface area contributed by atoms with E-state index >= 15 is 0 Å². The number of amides is 1. The van der Waals surface area contributed by atoms with Gasteiger partial charge in [0.25, 0.3) is 5.91 Å². The third-order valence-electron chi connectivity index (χ3n) is 5.91. The lowest BCUT2D eigenvalue weighted by Crippen LogP contribution is -2.34. The Hall–Kier alpha value is -2.38. The summed E-state index contributed by atoms with van der Waals surface area (Å²) >= 11 is 0. The van der Waals surface area contributed by atoms with Crippen molar-refractivity contribution >= 4 is 11.6 Å². The number of carbonyl (C=O) groups is 1. The van der Waals surface area contributed by atoms with Crippen molar-refractivity contribution < 1.29 is 18.0 Å². The first-order chi connectivity index (χ1) is 14.8. The fraction of sp³-hybridized carbons (Fsp3) is 0.458. The van der Waals surface area contributed by atoms with Crippen molar-refractivity contribution in [3.8, 4) is 0 Å². The molecule has 0 saturated carbocycles. The summed E-state index contributed by atoms with van der Waals surface area (Å²) in [5.74, 6) is -0.421. The first kappa shape index (κ1) is 23.3. The average molecular weight is 434 g/mol. The lowest BCUT2D eigenvalue weighted by Gasteiger charge is -2.28. The number of nitrogens with zero attached hydrogens (tertiary/aromatic N) is 1. The van der Waals surface area contributed by atoms with E-state index in [0.29, 0.717) is 5.69 Å². The van der Waals surface area contributed by atoms with Crippen LogP contribution in [0.4, 0.5) is 18.9 Å². The Bertz CT molecular complexity index is 877. The van der Waals surface area contributed by atoms with Gasteiger partial charge in [-0.1, -0.05) is 19.9 Å². The topological polar surface area (TPSA) is 44.4 Å². The Morgan fingerprint density at radius 1 is 1.10 bits per heavy atom. The van der Waals surface area contributed by atoms with Gasteiger partial charge in [0.1, 0.15) is 0 Å². The molecule has 7 heteroatoms. The summed E-state index contributed by atoms with van der Waals surface area (Å²) in [5.41, 5.74) is 2.55. The van der Waals surface area contributed by atoms with Crippen molar-refractivity contribution in [3.63, 3.8) is 0 Å². The minimum Gasteiger partial charge on any atom is -0.322 e. The predicted molar refractivity (Wildman–Crippen MR) is 117 cm³/mol. The van der Waals surface area contributed by atoms with Crippen molar-refractivity contribution in [1.82, 2.24) is 10.2 Å². The number of likely N-dealkylation sites (N-methyl/N-ethyl adjacent to an activating group) is 1. The quantitative estimate of drug-likeness (QED) is 0.596. The van der Waals surface area contributed by atoms with Crippen LogP contribution in [0.15, 0.2) is 42.5 Å². The van der Waals surface area contributed by atoms with Crippen molar-refractivity contribution in [1.29, 1.82) is 0 Å². The van der Waals surface area contributed by atoms with E-state index in [4.69, 9.17) is 0 Å². The number of halogens is 3. The molecule has 0 aliphatic heterocycles. The molecule has 0 saturated heterocycles. The third kappa shape index (κ3) is 6.08. The highest BCUT2D eigenvalue weighted by atomic mass is 19.4. The molecular weight excluding hydrogens is 403 g/mol. The number of hydrogen-bond donors (Lipinski definition) is 2. The van der Waals surface area contributed by atoms with Gasteiger partial charge in [-0.25, -0.2) is 0 Å². The average Bonchev–Trinajstić information content (AvgIpc) is 2.76. The summed E-state index contributed by atoms with van der Waals surface area (Å²) in [6.45, 7) is 8.26. The molecule has 2 aromatic rings. The first-order valence-corrected chi connectivity index (χ1v) is 10.9. The second-order valence-electron chi connectivity index (χ2n) is 7.87. The molecule has 1 unspecified atom stereocenters. The molecule has 0 radical (unpaired) electrons. The Morgan fingerprint density at radius 2 is 1.81 bits per heavy atom. The molecule has 0 spiro atoms. The van der Waals surface area contributed by atoms with Gasteiger partial charge in [0, 0.05) is 30.4 Å². The van der Waals surface area contributed by atoms with Crippen LogP contribution in [0.5, 0.6) is 0 Å². The maximum absolute atomic E-state index is 12.7. The largest absolute Gasteiger partial charge is 0.416 e. The zero-order valence-electron chi connectivity index (χ0n) is 18.1. The van der Waals surface area contributed by atoms with Gasteiger partial charge >= 0.3 is 6.18 Å². The molecular formula is C24H30F3N3O. The number of hydrogen-bond acceptors (Lipinski definition) is 3. The van der Waals surface area contributed by atoms with E-state index in [-0.39, 0.29) is 11.6 Å². The van der Waals surface area contributed by atoms with Gasteiger partial charge in [0.15, 0.2) is 0 Å². The number of carbonyl (C=O) groups excluding carboxylic acids is 1. The highest BCUT2D eigenvalue weighted by Crippen LogP contribution is 2.32. The minimum absolute atomic E-state index is 0.194. The van der Waals surface area contributed by atoms with Crippen molar-refractivity contribution in [2.24, 2.45) is 0 Å². The van der Waals surface area contributed by atoms with Crippen LogP contribution in [0, 0.1) is 0 Å². The van der Waals surface area contributed by atoms with Crippen molar-refractivity contribution in [2.75, 3.05) is 31.5 Å². The zero-order valence-corrected chi connectivity index (χ0v) is 18.1. The van der Waals surface area contributed by atoms with E-state index in [9.17, 15) is 18.0 Å². The molecule has 0 fully saturated rings. The zero-order chi connectivity index (χ0) is 22.4. The fourth-order valence-corrected chi connectivity index (χ4v) is 4.04. The smallest absolute Gasteiger partial charge is 0.322 e. The summed E-state index contributed by atoms with van der Waals surface area (Å²) in [7, 11) is 0. The second-order valence-corrected chi connectivity index (χ2v) is 7.87. The lowest BCUT2D eigenvalue weighted by atomic mass is 9.87. The van der Waals surface area contributed by atoms with Crippen molar-refractivity contribution in [3.05, 3.63) is 64.7 Å². The van der Waals surface area contributed by atoms with E-state index in [1.165, 1.54) is 23.3 Å². The maximum atomic E-state index is 12.7. The summed E-state index contributed by atoms with van der Waals surface area (Å²) in [6.07, 6.45) is -1.24. The lowest BCUT2D eigenvalue weighted by molar-refractivity contribution is -0.137. The van der Waals surface area contributed by atoms with Crippen LogP contribution in [0.2, 0.25) is 0 Å². The monoisotopic (exact) mass is 433 g/mol. The Labute approximate surface area is 181 Å². The first-order valence-electron chi connectivity index (χ1n) is 10.9. The molecule has 1 aliphatic rings. The van der Waals surface area contributed by atoms with Crippen LogP contribution >= 0.6 is 0 Å². The van der Waals surface area contributed by atoms with Crippen LogP contribution in [-0.2, 0) is 12.6 Å². The van der Waals surface area contributed by atoms with Gasteiger partial charge in [-0.15, -0.1) is 0 Å². The molecule has 0 heterocycles. The highest BCUT2D eigenvalue weighted by molar-refractivity contribution is 6.04. The number of alkyl halides is 3. The Kier molecular flexibility index (Phi) is 7.73. The van der Waals surface area contributed by atoms with Crippen molar-refractivity contribution in [2.45, 2.75) is 45.3 Å². The summed E-state index contributed by atoms with van der Waals surface area (Å²) in [5, 5.41) is 6.47. The second kappa shape index (κ2) is 10.3. The highest BCUT2D eigenvalue weighted by Gasteiger charge is 2.30. The van der Waals surface area contributed by atoms with Gasteiger partial charge in [0.05, 0.1) is 5.56 Å². The van der Waals surface area contributed by atoms with E-state index in [1.807, 2.05) is 18.2 Å². The number of fused-ring (bicyclic) bond motifs is 1. The predicted octanol–water partition coefficient (Wildman–Crippen LogP) is 5.27. The van der Waals surface area contributed by atoms with Crippen LogP contribution in [-0.4, -0.2) is 37.0 Å². The molecule has 2 N–H and O–H groups in total. The van der Waals surface area contributed by atoms with Crippen LogP contribution in [0.3, 0.4) is 0 Å². The van der Waals surface area contributed by atoms with Gasteiger partial charge in [-0.2, -0.15) is 13.2 Å². The Morgan fingerprint density at radius 3 is 2.45 bits per heavy atom. The molecule has 1 amide bonds. The number of nitrogens with one attached hydrogen (secondary N) is 2. The maximum Gasteiger partial charge on any atom is 0.416 e. The van der Waals surface area contributed by atoms with E-state index < -0.39 is 17.6 Å². The molecule has 0 bridgehead atoms. The molecule has 2 aromatic carbocycles. The van der Waals surface area contributed by atoms with Crippen LogP contribution < -0.4 is 10.6 Å². The Balaban J connectivity index is 1.67.